The van der Waals surface area contributed by atoms with Crippen LogP contribution in [0.5, 0.6) is 5.75 Å². The number of carbonyl (C=O) groups excluding carboxylic acids is 2. The van der Waals surface area contributed by atoms with Gasteiger partial charge in [0, 0.05) is 11.6 Å². The average Bonchev–Trinajstić information content (AvgIpc) is 3.34. The van der Waals surface area contributed by atoms with E-state index in [4.69, 9.17) is 20.8 Å². The lowest BCUT2D eigenvalue weighted by Gasteiger charge is -2.13. The number of hydrogen-bond acceptors (Lipinski definition) is 6. The molecule has 0 spiro atoms. The lowest BCUT2D eigenvalue weighted by atomic mass is 10.1. The van der Waals surface area contributed by atoms with Crippen molar-refractivity contribution < 1.29 is 28.6 Å². The first-order chi connectivity index (χ1) is 15.4. The Labute approximate surface area is 192 Å². The molecule has 2 heterocycles. The van der Waals surface area contributed by atoms with E-state index < -0.39 is 11.9 Å². The van der Waals surface area contributed by atoms with E-state index in [1.807, 2.05) is 18.2 Å². The minimum Gasteiger partial charge on any atom is -0.492 e. The van der Waals surface area contributed by atoms with Crippen LogP contribution in [0, 0.1) is 0 Å². The van der Waals surface area contributed by atoms with E-state index >= 15 is 0 Å². The van der Waals surface area contributed by atoms with E-state index in [2.05, 4.69) is 0 Å². The Bertz CT molecular complexity index is 1220. The first kappa shape index (κ1) is 21.7. The molecule has 0 atom stereocenters. The molecule has 4 rings (SSSR count). The highest BCUT2D eigenvalue weighted by Crippen LogP contribution is 2.33. The lowest BCUT2D eigenvalue weighted by Crippen LogP contribution is -2.32. The number of carboxylic acid groups (broad SMARTS) is 1. The van der Waals surface area contributed by atoms with Gasteiger partial charge in [-0.05, 0) is 54.2 Å². The number of nitrogens with zero attached hydrogens (tertiary/aromatic N) is 1. The predicted octanol–water partition coefficient (Wildman–Crippen LogP) is 5.41. The molecule has 0 unspecified atom stereocenters. The van der Waals surface area contributed by atoms with E-state index in [-0.39, 0.29) is 33.9 Å². The van der Waals surface area contributed by atoms with Gasteiger partial charge in [-0.3, -0.25) is 14.5 Å². The second-order valence-electron chi connectivity index (χ2n) is 6.70. The number of para-hydroxylation sites is 1. The van der Waals surface area contributed by atoms with Crippen molar-refractivity contribution in [3.8, 4) is 17.1 Å². The highest BCUT2D eigenvalue weighted by Gasteiger charge is 2.35. The van der Waals surface area contributed by atoms with Crippen LogP contribution in [0.2, 0.25) is 5.02 Å². The molecule has 2 aromatic carbocycles. The molecule has 32 heavy (non-hydrogen) atoms. The van der Waals surface area contributed by atoms with Gasteiger partial charge in [-0.25, -0.2) is 4.79 Å². The first-order valence-electron chi connectivity index (χ1n) is 9.48. The smallest absolute Gasteiger partial charge is 0.337 e. The normalized spacial score (nSPS) is 14.9. The number of thioether (sulfide) groups is 1. The third-order valence-electron chi connectivity index (χ3n) is 4.58. The van der Waals surface area contributed by atoms with Crippen LogP contribution in [0.3, 0.4) is 0 Å². The van der Waals surface area contributed by atoms with Crippen LogP contribution in [0.1, 0.15) is 16.1 Å². The minimum atomic E-state index is -1.14. The molecule has 1 aliphatic rings. The zero-order valence-electron chi connectivity index (χ0n) is 16.5. The summed E-state index contributed by atoms with van der Waals surface area (Å²) in [6.45, 7) is 0.311. The Balaban J connectivity index is 1.45. The predicted molar refractivity (Wildman–Crippen MR) is 121 cm³/mol. The van der Waals surface area contributed by atoms with Crippen LogP contribution in [0.4, 0.5) is 4.79 Å². The van der Waals surface area contributed by atoms with Crippen LogP contribution < -0.4 is 4.74 Å². The zero-order chi connectivity index (χ0) is 22.7. The van der Waals surface area contributed by atoms with Crippen molar-refractivity contribution in [2.24, 2.45) is 0 Å². The van der Waals surface area contributed by atoms with E-state index in [0.29, 0.717) is 22.8 Å². The van der Waals surface area contributed by atoms with Crippen molar-refractivity contribution in [1.82, 2.24) is 4.90 Å². The number of imide groups is 1. The summed E-state index contributed by atoms with van der Waals surface area (Å²) in [5.74, 6) is -0.141. The number of carbonyl (C=O) groups is 3. The number of carboxylic acids is 1. The molecule has 162 valence electrons. The molecular formula is C23H16ClNO6S. The van der Waals surface area contributed by atoms with E-state index in [1.165, 1.54) is 18.2 Å². The van der Waals surface area contributed by atoms with Gasteiger partial charge in [-0.15, -0.1) is 0 Å². The van der Waals surface area contributed by atoms with Gasteiger partial charge in [-0.1, -0.05) is 29.8 Å². The van der Waals surface area contributed by atoms with Gasteiger partial charge in [0.05, 0.1) is 22.0 Å². The second-order valence-corrected chi connectivity index (χ2v) is 8.10. The third kappa shape index (κ3) is 4.71. The number of amides is 2. The number of aromatic carboxylic acids is 1. The van der Waals surface area contributed by atoms with Crippen LogP contribution in [0.15, 0.2) is 70.0 Å². The monoisotopic (exact) mass is 469 g/mol. The number of ether oxygens (including phenoxy) is 1. The van der Waals surface area contributed by atoms with E-state index in [0.717, 1.165) is 16.7 Å². The number of halogens is 1. The van der Waals surface area contributed by atoms with Gasteiger partial charge in [0.15, 0.2) is 0 Å². The average molecular weight is 470 g/mol. The highest BCUT2D eigenvalue weighted by molar-refractivity contribution is 8.18. The summed E-state index contributed by atoms with van der Waals surface area (Å²) in [4.78, 5) is 37.5. The third-order valence-corrected chi connectivity index (χ3v) is 5.82. The van der Waals surface area contributed by atoms with Gasteiger partial charge in [0.25, 0.3) is 11.1 Å². The Hall–Kier alpha value is -3.49. The van der Waals surface area contributed by atoms with Crippen LogP contribution in [-0.4, -0.2) is 40.3 Å². The molecule has 1 fully saturated rings. The summed E-state index contributed by atoms with van der Waals surface area (Å²) in [5.41, 5.74) is 0.485. The maximum Gasteiger partial charge on any atom is 0.337 e. The van der Waals surface area contributed by atoms with Crippen molar-refractivity contribution in [2.75, 3.05) is 13.2 Å². The zero-order valence-corrected chi connectivity index (χ0v) is 18.1. The van der Waals surface area contributed by atoms with E-state index in [1.54, 1.807) is 30.3 Å². The molecule has 1 saturated heterocycles. The van der Waals surface area contributed by atoms with Crippen LogP contribution >= 0.6 is 23.4 Å². The maximum atomic E-state index is 12.6. The molecule has 0 radical (unpaired) electrons. The summed E-state index contributed by atoms with van der Waals surface area (Å²) in [5, 5.41) is 8.97. The van der Waals surface area contributed by atoms with Gasteiger partial charge < -0.3 is 14.3 Å². The SMILES string of the molecule is O=C(O)c1cc(-c2ccc(C=C3SC(=O)N(CCOc4ccccc4)C3=O)o2)ccc1Cl. The molecule has 3 aromatic rings. The van der Waals surface area contributed by atoms with Gasteiger partial charge in [0.2, 0.25) is 0 Å². The Morgan fingerprint density at radius 3 is 2.66 bits per heavy atom. The quantitative estimate of drug-likeness (QED) is 0.462. The molecule has 7 nitrogen and oxygen atoms in total. The number of rotatable bonds is 7. The second kappa shape index (κ2) is 9.33. The Kier molecular flexibility index (Phi) is 6.34. The van der Waals surface area contributed by atoms with Gasteiger partial charge >= 0.3 is 5.97 Å². The number of benzene rings is 2. The summed E-state index contributed by atoms with van der Waals surface area (Å²) < 4.78 is 11.3. The number of furan rings is 1. The molecule has 0 saturated carbocycles. The molecule has 2 amide bonds. The molecule has 1 N–H and O–H groups in total. The molecule has 0 aliphatic carbocycles. The fraction of sp³-hybridized carbons (Fsp3) is 0.0870. The van der Waals surface area contributed by atoms with Crippen molar-refractivity contribution >= 4 is 46.6 Å². The first-order valence-corrected chi connectivity index (χ1v) is 10.7. The van der Waals surface area contributed by atoms with Gasteiger partial charge in [0.1, 0.15) is 23.9 Å². The Morgan fingerprint density at radius 2 is 1.91 bits per heavy atom. The largest absolute Gasteiger partial charge is 0.492 e. The molecule has 0 bridgehead atoms. The molecule has 1 aliphatic heterocycles. The van der Waals surface area contributed by atoms with Crippen molar-refractivity contribution in [2.45, 2.75) is 0 Å². The summed E-state index contributed by atoms with van der Waals surface area (Å²) in [7, 11) is 0. The van der Waals surface area contributed by atoms with Crippen molar-refractivity contribution in [3.63, 3.8) is 0 Å². The maximum absolute atomic E-state index is 12.6. The minimum absolute atomic E-state index is 0.0408. The molecular weight excluding hydrogens is 454 g/mol. The summed E-state index contributed by atoms with van der Waals surface area (Å²) in [6.07, 6.45) is 1.49. The lowest BCUT2D eigenvalue weighted by molar-refractivity contribution is -0.123. The highest BCUT2D eigenvalue weighted by atomic mass is 35.5. The summed E-state index contributed by atoms with van der Waals surface area (Å²) in [6, 6.07) is 16.9. The summed E-state index contributed by atoms with van der Waals surface area (Å²) >= 11 is 6.73. The molecule has 1 aromatic heterocycles. The standard InChI is InChI=1S/C23H16ClNO6S/c24-18-8-6-14(12-17(18)22(27)28)19-9-7-16(31-19)13-20-21(26)25(23(29)32-20)10-11-30-15-4-2-1-3-5-15/h1-9,12-13H,10-11H2,(H,27,28). The van der Waals surface area contributed by atoms with E-state index in [9.17, 15) is 19.5 Å². The number of hydrogen-bond donors (Lipinski definition) is 1. The van der Waals surface area contributed by atoms with Gasteiger partial charge in [-0.2, -0.15) is 0 Å². The topological polar surface area (TPSA) is 97.0 Å². The van der Waals surface area contributed by atoms with Crippen LogP contribution in [-0.2, 0) is 4.79 Å². The van der Waals surface area contributed by atoms with Crippen molar-refractivity contribution in [3.05, 3.63) is 81.9 Å². The fourth-order valence-corrected chi connectivity index (χ4v) is 4.06. The van der Waals surface area contributed by atoms with Crippen LogP contribution in [0.25, 0.3) is 17.4 Å². The Morgan fingerprint density at radius 1 is 1.12 bits per heavy atom. The fourth-order valence-electron chi connectivity index (χ4n) is 3.02. The van der Waals surface area contributed by atoms with Crippen molar-refractivity contribution in [1.29, 1.82) is 0 Å². The molecule has 9 heteroatoms.